The van der Waals surface area contributed by atoms with Crippen LogP contribution in [0.5, 0.6) is 11.8 Å². The maximum Gasteiger partial charge on any atom is 0.318 e. The van der Waals surface area contributed by atoms with Gasteiger partial charge in [0.2, 0.25) is 0 Å². The fourth-order valence-corrected chi connectivity index (χ4v) is 8.06. The van der Waals surface area contributed by atoms with Gasteiger partial charge in [-0.1, -0.05) is 19.4 Å². The van der Waals surface area contributed by atoms with Crippen molar-refractivity contribution in [2.75, 3.05) is 42.6 Å². The third-order valence-corrected chi connectivity index (χ3v) is 10.2. The van der Waals surface area contributed by atoms with E-state index < -0.39 is 0 Å². The molecule has 1 aromatic heterocycles. The lowest BCUT2D eigenvalue weighted by molar-refractivity contribution is 0.0996. The number of anilines is 2. The van der Waals surface area contributed by atoms with E-state index in [1.54, 1.807) is 17.0 Å². The highest BCUT2D eigenvalue weighted by Gasteiger charge is 2.45. The summed E-state index contributed by atoms with van der Waals surface area (Å²) < 4.78 is 21.4. The van der Waals surface area contributed by atoms with E-state index in [2.05, 4.69) is 15.9 Å². The Balaban J connectivity index is 1.30. The molecular formula is C34H39FN6O3. The van der Waals surface area contributed by atoms with E-state index in [4.69, 9.17) is 14.7 Å². The summed E-state index contributed by atoms with van der Waals surface area (Å²) in [5.74, 6) is 0.106. The van der Waals surface area contributed by atoms with Gasteiger partial charge in [-0.2, -0.15) is 15.2 Å². The molecule has 4 aliphatic heterocycles. The van der Waals surface area contributed by atoms with E-state index in [1.165, 1.54) is 12.1 Å². The zero-order valence-electron chi connectivity index (χ0n) is 25.3. The van der Waals surface area contributed by atoms with Crippen LogP contribution in [0, 0.1) is 23.1 Å². The molecule has 0 radical (unpaired) electrons. The highest BCUT2D eigenvalue weighted by atomic mass is 19.1. The first-order valence-electron chi connectivity index (χ1n) is 16.1. The molecule has 5 heterocycles. The predicted octanol–water partition coefficient (Wildman–Crippen LogP) is 5.72. The zero-order valence-corrected chi connectivity index (χ0v) is 25.3. The van der Waals surface area contributed by atoms with Crippen molar-refractivity contribution in [1.82, 2.24) is 14.9 Å². The van der Waals surface area contributed by atoms with Gasteiger partial charge in [0, 0.05) is 31.0 Å². The Morgan fingerprint density at radius 1 is 1.14 bits per heavy atom. The number of hydrogen-bond acceptors (Lipinski definition) is 8. The lowest BCUT2D eigenvalue weighted by Crippen LogP contribution is -2.43. The number of rotatable bonds is 7. The number of aromatic hydroxyl groups is 1. The van der Waals surface area contributed by atoms with Crippen molar-refractivity contribution < 1.29 is 19.0 Å². The molecule has 3 fully saturated rings. The molecule has 7 rings (SSSR count). The summed E-state index contributed by atoms with van der Waals surface area (Å²) in [6.07, 6.45) is 8.31. The van der Waals surface area contributed by atoms with Gasteiger partial charge >= 0.3 is 6.01 Å². The van der Waals surface area contributed by atoms with Gasteiger partial charge in [0.1, 0.15) is 29.6 Å². The number of carbonyl (C=O) groups excluding carboxylic acids is 1. The molecule has 230 valence electrons. The third kappa shape index (κ3) is 4.91. The minimum absolute atomic E-state index is 0.00375. The minimum Gasteiger partial charge on any atom is -0.508 e. The number of nitrogens with zero attached hydrogens (tertiary/aromatic N) is 6. The Morgan fingerprint density at radius 2 is 1.95 bits per heavy atom. The summed E-state index contributed by atoms with van der Waals surface area (Å²) in [6.45, 7) is 6.08. The molecule has 4 aliphatic rings. The van der Waals surface area contributed by atoms with Crippen LogP contribution in [0.1, 0.15) is 79.9 Å². The Morgan fingerprint density at radius 3 is 2.73 bits per heavy atom. The summed E-state index contributed by atoms with van der Waals surface area (Å²) in [5, 5.41) is 21.4. The van der Waals surface area contributed by atoms with Crippen molar-refractivity contribution in [1.29, 1.82) is 5.26 Å². The van der Waals surface area contributed by atoms with Crippen molar-refractivity contribution in [3.63, 3.8) is 0 Å². The minimum atomic E-state index is -0.340. The van der Waals surface area contributed by atoms with Crippen molar-refractivity contribution in [3.05, 3.63) is 46.9 Å². The molecular weight excluding hydrogens is 559 g/mol. The SMILES string of the molecule is CCc1c(F)ccc2cc(O)cc(N3Cc4nc(OCC56CCCN5CCC6)nc(N5CCCCC(CC#N)C5)c4C3=O)c12. The Hall–Kier alpha value is -3.97. The van der Waals surface area contributed by atoms with E-state index >= 15 is 4.39 Å². The van der Waals surface area contributed by atoms with Gasteiger partial charge in [-0.25, -0.2) is 4.39 Å². The van der Waals surface area contributed by atoms with Crippen molar-refractivity contribution in [3.8, 4) is 17.8 Å². The number of phenols is 1. The quantitative estimate of drug-likeness (QED) is 0.368. The van der Waals surface area contributed by atoms with Crippen molar-refractivity contribution >= 4 is 28.2 Å². The maximum atomic E-state index is 15.0. The second kappa shape index (κ2) is 11.5. The van der Waals surface area contributed by atoms with E-state index in [0.717, 1.165) is 64.6 Å². The second-order valence-corrected chi connectivity index (χ2v) is 12.9. The third-order valence-electron chi connectivity index (χ3n) is 10.2. The largest absolute Gasteiger partial charge is 0.508 e. The Kier molecular flexibility index (Phi) is 7.53. The van der Waals surface area contributed by atoms with Crippen LogP contribution in [0.2, 0.25) is 0 Å². The first-order chi connectivity index (χ1) is 21.4. The summed E-state index contributed by atoms with van der Waals surface area (Å²) >= 11 is 0. The molecule has 1 amide bonds. The summed E-state index contributed by atoms with van der Waals surface area (Å²) in [6, 6.07) is 8.78. The molecule has 0 bridgehead atoms. The molecule has 3 aromatic rings. The van der Waals surface area contributed by atoms with Gasteiger partial charge in [-0.3, -0.25) is 9.69 Å². The maximum absolute atomic E-state index is 15.0. The summed E-state index contributed by atoms with van der Waals surface area (Å²) in [4.78, 5) is 30.4. The highest BCUT2D eigenvalue weighted by Crippen LogP contribution is 2.42. The number of fused-ring (bicyclic) bond motifs is 3. The fourth-order valence-electron chi connectivity index (χ4n) is 8.06. The molecule has 9 nitrogen and oxygen atoms in total. The Labute approximate surface area is 257 Å². The fraction of sp³-hybridized carbons (Fsp3) is 0.529. The number of aryl methyl sites for hydroxylation is 1. The molecule has 1 atom stereocenters. The van der Waals surface area contributed by atoms with Crippen LogP contribution in [0.3, 0.4) is 0 Å². The lowest BCUT2D eigenvalue weighted by Gasteiger charge is -2.31. The van der Waals surface area contributed by atoms with E-state index in [0.29, 0.717) is 65.1 Å². The first kappa shape index (κ1) is 28.8. The molecule has 0 spiro atoms. The van der Waals surface area contributed by atoms with Gasteiger partial charge in [0.25, 0.3) is 5.91 Å². The van der Waals surface area contributed by atoms with Crippen LogP contribution >= 0.6 is 0 Å². The van der Waals surface area contributed by atoms with Gasteiger partial charge < -0.3 is 19.6 Å². The number of carbonyl (C=O) groups is 1. The van der Waals surface area contributed by atoms with Crippen LogP contribution in [0.4, 0.5) is 15.9 Å². The molecule has 2 aromatic carbocycles. The van der Waals surface area contributed by atoms with Crippen LogP contribution in [-0.2, 0) is 13.0 Å². The van der Waals surface area contributed by atoms with Crippen molar-refractivity contribution in [2.45, 2.75) is 76.8 Å². The number of ether oxygens (including phenoxy) is 1. The number of hydrogen-bond donors (Lipinski definition) is 1. The summed E-state index contributed by atoms with van der Waals surface area (Å²) in [5.41, 5.74) is 1.96. The first-order valence-corrected chi connectivity index (χ1v) is 16.1. The Bertz CT molecular complexity index is 1640. The van der Waals surface area contributed by atoms with Crippen LogP contribution in [-0.4, -0.2) is 64.2 Å². The molecule has 1 N–H and O–H groups in total. The standard InChI is InChI=1S/C34H39FN6O3/c1-2-25-26(35)9-8-23-17-24(42)18-28(29(23)25)41-20-27-30(32(41)43)31(39-14-4-3-7-22(19-39)10-13-36)38-33(37-27)44-21-34-11-5-15-40(34)16-6-12-34/h8-9,17-18,22,42H,2-7,10-12,14-16,19-21H2,1H3. The zero-order chi connectivity index (χ0) is 30.4. The van der Waals surface area contributed by atoms with Gasteiger partial charge in [-0.05, 0) is 87.0 Å². The van der Waals surface area contributed by atoms with Crippen molar-refractivity contribution in [2.24, 2.45) is 5.92 Å². The number of benzene rings is 2. The molecule has 3 saturated heterocycles. The topological polar surface area (TPSA) is 106 Å². The van der Waals surface area contributed by atoms with Gasteiger partial charge in [-0.15, -0.1) is 0 Å². The molecule has 10 heteroatoms. The highest BCUT2D eigenvalue weighted by molar-refractivity contribution is 6.16. The van der Waals surface area contributed by atoms with E-state index in [-0.39, 0.29) is 41.5 Å². The second-order valence-electron chi connectivity index (χ2n) is 12.9. The van der Waals surface area contributed by atoms with Gasteiger partial charge in [0.15, 0.2) is 0 Å². The van der Waals surface area contributed by atoms with E-state index in [9.17, 15) is 15.2 Å². The number of halogens is 1. The molecule has 1 unspecified atom stereocenters. The average molecular weight is 599 g/mol. The number of amides is 1. The summed E-state index contributed by atoms with van der Waals surface area (Å²) in [7, 11) is 0. The van der Waals surface area contributed by atoms with Crippen LogP contribution < -0.4 is 14.5 Å². The lowest BCUT2D eigenvalue weighted by atomic mass is 9.95. The number of aromatic nitrogens is 2. The number of phenolic OH excluding ortho intramolecular Hbond substituents is 1. The smallest absolute Gasteiger partial charge is 0.318 e. The number of nitriles is 1. The van der Waals surface area contributed by atoms with Gasteiger partial charge in [0.05, 0.1) is 29.5 Å². The monoisotopic (exact) mass is 598 g/mol. The van der Waals surface area contributed by atoms with Crippen LogP contribution in [0.15, 0.2) is 24.3 Å². The van der Waals surface area contributed by atoms with Crippen LogP contribution in [0.25, 0.3) is 10.8 Å². The molecule has 0 aliphatic carbocycles. The molecule has 44 heavy (non-hydrogen) atoms. The predicted molar refractivity (Wildman–Crippen MR) is 166 cm³/mol. The normalized spacial score (nSPS) is 21.4. The average Bonchev–Trinajstić information content (AvgIpc) is 3.63. The van der Waals surface area contributed by atoms with E-state index in [1.807, 2.05) is 6.92 Å². The molecule has 0 saturated carbocycles.